The molecule has 0 radical (unpaired) electrons. The third-order valence-electron chi connectivity index (χ3n) is 9.97. The summed E-state index contributed by atoms with van der Waals surface area (Å²) in [5.41, 5.74) is 0. The summed E-state index contributed by atoms with van der Waals surface area (Å²) in [6.45, 7) is 4.81. The molecule has 0 aromatic carbocycles. The van der Waals surface area contributed by atoms with Crippen LogP contribution in [-0.2, 0) is 14.3 Å². The molecule has 0 saturated heterocycles. The molecule has 0 aliphatic heterocycles. The zero-order chi connectivity index (χ0) is 37.3. The number of aliphatic hydroxyl groups is 2. The Labute approximate surface area is 316 Å². The molecule has 6 nitrogen and oxygen atoms in total. The first-order chi connectivity index (χ1) is 25.0. The molecule has 0 aromatic rings. The number of amides is 1. The lowest BCUT2D eigenvalue weighted by molar-refractivity contribution is -0.143. The minimum Gasteiger partial charge on any atom is -0.466 e. The third-order valence-corrected chi connectivity index (χ3v) is 9.97. The molecule has 51 heavy (non-hydrogen) atoms. The maximum absolute atomic E-state index is 12.3. The minimum atomic E-state index is -0.692. The van der Waals surface area contributed by atoms with E-state index < -0.39 is 12.1 Å². The summed E-state index contributed by atoms with van der Waals surface area (Å²) in [5.74, 6) is -0.144. The fourth-order valence-corrected chi connectivity index (χ4v) is 6.52. The molecule has 0 aliphatic rings. The van der Waals surface area contributed by atoms with Gasteiger partial charge < -0.3 is 20.3 Å². The molecule has 0 spiro atoms. The Balaban J connectivity index is 3.54. The van der Waals surface area contributed by atoms with Crippen molar-refractivity contribution in [2.75, 3.05) is 13.2 Å². The first-order valence-electron chi connectivity index (χ1n) is 22.1. The van der Waals surface area contributed by atoms with E-state index in [9.17, 15) is 19.8 Å². The van der Waals surface area contributed by atoms with Crippen molar-refractivity contribution in [1.82, 2.24) is 5.32 Å². The second-order valence-electron chi connectivity index (χ2n) is 15.0. The Bertz CT molecular complexity index is 797. The number of rotatable bonds is 40. The Kier molecular flexibility index (Phi) is 39.8. The van der Waals surface area contributed by atoms with Crippen molar-refractivity contribution in [3.05, 3.63) is 24.3 Å². The first kappa shape index (κ1) is 49.3. The van der Waals surface area contributed by atoms with Gasteiger partial charge in [0.2, 0.25) is 5.91 Å². The van der Waals surface area contributed by atoms with Crippen molar-refractivity contribution in [1.29, 1.82) is 0 Å². The smallest absolute Gasteiger partial charge is 0.305 e. The molecule has 2 unspecified atom stereocenters. The number of hydrogen-bond donors (Lipinski definition) is 3. The number of esters is 1. The Morgan fingerprint density at radius 1 is 0.529 bits per heavy atom. The van der Waals surface area contributed by atoms with Crippen LogP contribution < -0.4 is 5.32 Å². The summed E-state index contributed by atoms with van der Waals surface area (Å²) < 4.78 is 5.42. The molecule has 0 rings (SSSR count). The topological polar surface area (TPSA) is 95.9 Å². The quantitative estimate of drug-likeness (QED) is 0.0333. The standard InChI is InChI=1S/C45H85NO5/c1-3-5-7-9-11-13-14-15-16-17-18-19-23-27-31-35-39-45(50)51-40-36-32-28-24-20-22-26-30-34-38-44(49)46-42(41-47)43(48)37-33-29-25-21-12-10-8-6-4-2/h16-17,22,26,42-43,47-48H,3-15,18-21,23-25,27-41H2,1-2H3,(H,46,49)/b17-16-,26-22-. The maximum Gasteiger partial charge on any atom is 0.305 e. The molecule has 0 saturated carbocycles. The fraction of sp³-hybridized carbons (Fsp3) is 0.867. The molecule has 0 aromatic heterocycles. The van der Waals surface area contributed by atoms with Crippen molar-refractivity contribution in [2.24, 2.45) is 0 Å². The lowest BCUT2D eigenvalue weighted by Gasteiger charge is -2.22. The van der Waals surface area contributed by atoms with E-state index in [-0.39, 0.29) is 18.5 Å². The van der Waals surface area contributed by atoms with Crippen molar-refractivity contribution in [3.8, 4) is 0 Å². The predicted molar refractivity (Wildman–Crippen MR) is 218 cm³/mol. The zero-order valence-electron chi connectivity index (χ0n) is 33.8. The third kappa shape index (κ3) is 37.9. The van der Waals surface area contributed by atoms with Crippen LogP contribution in [0.15, 0.2) is 24.3 Å². The molecule has 3 N–H and O–H groups in total. The number of nitrogens with one attached hydrogen (secondary N) is 1. The molecular weight excluding hydrogens is 634 g/mol. The van der Waals surface area contributed by atoms with Crippen LogP contribution in [0.2, 0.25) is 0 Å². The second-order valence-corrected chi connectivity index (χ2v) is 15.0. The molecule has 300 valence electrons. The van der Waals surface area contributed by atoms with Gasteiger partial charge in [0.05, 0.1) is 25.4 Å². The van der Waals surface area contributed by atoms with Gasteiger partial charge in [0.15, 0.2) is 0 Å². The molecule has 6 heteroatoms. The van der Waals surface area contributed by atoms with E-state index in [0.29, 0.717) is 25.9 Å². The highest BCUT2D eigenvalue weighted by atomic mass is 16.5. The van der Waals surface area contributed by atoms with Gasteiger partial charge in [-0.2, -0.15) is 0 Å². The Morgan fingerprint density at radius 3 is 1.43 bits per heavy atom. The molecular formula is C45H85NO5. The molecule has 1 amide bonds. The molecule has 0 heterocycles. The predicted octanol–water partition coefficient (Wildman–Crippen LogP) is 12.4. The van der Waals surface area contributed by atoms with Crippen LogP contribution in [0.4, 0.5) is 0 Å². The number of hydrogen-bond acceptors (Lipinski definition) is 5. The average molecular weight is 720 g/mol. The number of carbonyl (C=O) groups is 2. The van der Waals surface area contributed by atoms with Crippen LogP contribution in [0.25, 0.3) is 0 Å². The van der Waals surface area contributed by atoms with E-state index in [1.807, 2.05) is 0 Å². The van der Waals surface area contributed by atoms with Gasteiger partial charge in [-0.05, 0) is 70.6 Å². The Hall–Kier alpha value is -1.66. The normalized spacial score (nSPS) is 12.9. The summed E-state index contributed by atoms with van der Waals surface area (Å²) in [5, 5.41) is 22.9. The van der Waals surface area contributed by atoms with Crippen molar-refractivity contribution < 1.29 is 24.5 Å². The lowest BCUT2D eigenvalue weighted by atomic mass is 10.0. The van der Waals surface area contributed by atoms with Crippen molar-refractivity contribution in [2.45, 2.75) is 238 Å². The van der Waals surface area contributed by atoms with E-state index in [1.54, 1.807) is 0 Å². The summed E-state index contributed by atoms with van der Waals surface area (Å²) in [6, 6.07) is -0.576. The van der Waals surface area contributed by atoms with E-state index in [1.165, 1.54) is 122 Å². The van der Waals surface area contributed by atoms with E-state index >= 15 is 0 Å². The summed E-state index contributed by atoms with van der Waals surface area (Å²) in [4.78, 5) is 24.3. The number of carbonyl (C=O) groups excluding carboxylic acids is 2. The monoisotopic (exact) mass is 720 g/mol. The van der Waals surface area contributed by atoms with Crippen LogP contribution >= 0.6 is 0 Å². The van der Waals surface area contributed by atoms with E-state index in [2.05, 4.69) is 43.5 Å². The summed E-state index contributed by atoms with van der Waals surface area (Å²) in [6.07, 6.45) is 45.7. The first-order valence-corrected chi connectivity index (χ1v) is 22.1. The minimum absolute atomic E-state index is 0.0444. The number of aliphatic hydroxyl groups excluding tert-OH is 2. The van der Waals surface area contributed by atoms with Gasteiger partial charge in [0, 0.05) is 12.8 Å². The van der Waals surface area contributed by atoms with Crippen LogP contribution in [0.5, 0.6) is 0 Å². The summed E-state index contributed by atoms with van der Waals surface area (Å²) in [7, 11) is 0. The highest BCUT2D eigenvalue weighted by molar-refractivity contribution is 5.76. The number of ether oxygens (including phenoxy) is 1. The van der Waals surface area contributed by atoms with Gasteiger partial charge in [-0.15, -0.1) is 0 Å². The molecule has 0 aliphatic carbocycles. The van der Waals surface area contributed by atoms with E-state index in [0.717, 1.165) is 70.6 Å². The van der Waals surface area contributed by atoms with Gasteiger partial charge in [0.25, 0.3) is 0 Å². The highest BCUT2D eigenvalue weighted by Crippen LogP contribution is 2.14. The van der Waals surface area contributed by atoms with Crippen molar-refractivity contribution in [3.63, 3.8) is 0 Å². The Morgan fingerprint density at radius 2 is 0.941 bits per heavy atom. The lowest BCUT2D eigenvalue weighted by Crippen LogP contribution is -2.45. The van der Waals surface area contributed by atoms with Crippen LogP contribution in [0.3, 0.4) is 0 Å². The SMILES string of the molecule is CCCCCCCCC/C=C\CCCCCCCC(=O)OCCCCCC/C=C\CCCC(=O)NC(CO)C(O)CCCCCCCCCCC. The molecule has 2 atom stereocenters. The van der Waals surface area contributed by atoms with Crippen LogP contribution in [-0.4, -0.2) is 47.4 Å². The van der Waals surface area contributed by atoms with Gasteiger partial charge >= 0.3 is 5.97 Å². The van der Waals surface area contributed by atoms with Gasteiger partial charge in [0.1, 0.15) is 0 Å². The van der Waals surface area contributed by atoms with Crippen LogP contribution in [0.1, 0.15) is 226 Å². The van der Waals surface area contributed by atoms with Gasteiger partial charge in [-0.3, -0.25) is 9.59 Å². The highest BCUT2D eigenvalue weighted by Gasteiger charge is 2.19. The largest absolute Gasteiger partial charge is 0.466 e. The fourth-order valence-electron chi connectivity index (χ4n) is 6.52. The summed E-state index contributed by atoms with van der Waals surface area (Å²) >= 11 is 0. The second kappa shape index (κ2) is 41.1. The average Bonchev–Trinajstić information content (AvgIpc) is 3.13. The molecule has 0 bridgehead atoms. The van der Waals surface area contributed by atoms with Gasteiger partial charge in [-0.1, -0.05) is 167 Å². The molecule has 0 fully saturated rings. The van der Waals surface area contributed by atoms with Gasteiger partial charge in [-0.25, -0.2) is 0 Å². The van der Waals surface area contributed by atoms with Crippen LogP contribution in [0, 0.1) is 0 Å². The van der Waals surface area contributed by atoms with E-state index in [4.69, 9.17) is 4.74 Å². The number of unbranched alkanes of at least 4 members (excludes halogenated alkanes) is 25. The number of allylic oxidation sites excluding steroid dienone is 4. The zero-order valence-corrected chi connectivity index (χ0v) is 33.8. The van der Waals surface area contributed by atoms with Crippen molar-refractivity contribution >= 4 is 11.9 Å². The maximum atomic E-state index is 12.3.